The number of carbonyl (C=O) groups is 1. The highest BCUT2D eigenvalue weighted by atomic mass is 16.5. The Morgan fingerprint density at radius 2 is 2.22 bits per heavy atom. The summed E-state index contributed by atoms with van der Waals surface area (Å²) in [7, 11) is 0. The number of hydrogen-bond donors (Lipinski definition) is 0. The Morgan fingerprint density at radius 1 is 1.35 bits per heavy atom. The molecule has 2 aromatic rings. The van der Waals surface area contributed by atoms with Crippen LogP contribution in [0.3, 0.4) is 0 Å². The van der Waals surface area contributed by atoms with E-state index in [1.165, 1.54) is 11.1 Å². The zero-order valence-electron chi connectivity index (χ0n) is 13.4. The van der Waals surface area contributed by atoms with Gasteiger partial charge < -0.3 is 9.42 Å². The standard InChI is InChI=1S/C18H21N3O2/c1-2-16-19-17(20-23-16)15-8-5-11-21(15)18(22)14-10-9-12-6-3-4-7-13(12)14/h3-4,6-7,14-15H,2,5,8-11H2,1H3/t14-,15-/m1/s1. The minimum atomic E-state index is -0.0284. The second kappa shape index (κ2) is 5.80. The highest BCUT2D eigenvalue weighted by Gasteiger charge is 2.38. The summed E-state index contributed by atoms with van der Waals surface area (Å²) in [4.78, 5) is 19.5. The van der Waals surface area contributed by atoms with Crippen LogP contribution in [0.2, 0.25) is 0 Å². The molecule has 0 N–H and O–H groups in total. The van der Waals surface area contributed by atoms with E-state index in [-0.39, 0.29) is 17.9 Å². The van der Waals surface area contributed by atoms with Crippen molar-refractivity contribution in [2.24, 2.45) is 0 Å². The maximum atomic E-state index is 13.1. The van der Waals surface area contributed by atoms with Crippen LogP contribution < -0.4 is 0 Å². The minimum Gasteiger partial charge on any atom is -0.339 e. The number of rotatable bonds is 3. The van der Waals surface area contributed by atoms with E-state index >= 15 is 0 Å². The van der Waals surface area contributed by atoms with Crippen molar-refractivity contribution < 1.29 is 9.32 Å². The van der Waals surface area contributed by atoms with Crippen LogP contribution in [0, 0.1) is 0 Å². The van der Waals surface area contributed by atoms with Crippen molar-refractivity contribution in [3.8, 4) is 0 Å². The lowest BCUT2D eigenvalue weighted by molar-refractivity contribution is -0.133. The molecule has 2 heterocycles. The van der Waals surface area contributed by atoms with Gasteiger partial charge in [0.25, 0.3) is 0 Å². The second-order valence-corrected chi connectivity index (χ2v) is 6.38. The summed E-state index contributed by atoms with van der Waals surface area (Å²) in [6.07, 6.45) is 4.55. The Balaban J connectivity index is 1.58. The van der Waals surface area contributed by atoms with Crippen LogP contribution in [-0.2, 0) is 17.6 Å². The summed E-state index contributed by atoms with van der Waals surface area (Å²) in [5.41, 5.74) is 2.51. The fourth-order valence-corrected chi connectivity index (χ4v) is 3.86. The fraction of sp³-hybridized carbons (Fsp3) is 0.500. The van der Waals surface area contributed by atoms with Crippen LogP contribution >= 0.6 is 0 Å². The molecule has 1 aliphatic carbocycles. The molecule has 120 valence electrons. The molecule has 2 aliphatic rings. The number of hydrogen-bond acceptors (Lipinski definition) is 4. The molecular formula is C18H21N3O2. The third-order valence-electron chi connectivity index (χ3n) is 5.05. The molecule has 1 aliphatic heterocycles. The predicted octanol–water partition coefficient (Wildman–Crippen LogP) is 3.03. The van der Waals surface area contributed by atoms with Gasteiger partial charge in [-0.05, 0) is 36.8 Å². The first-order valence-electron chi connectivity index (χ1n) is 8.48. The summed E-state index contributed by atoms with van der Waals surface area (Å²) in [6.45, 7) is 2.78. The Hall–Kier alpha value is -2.17. The maximum Gasteiger partial charge on any atom is 0.230 e. The number of aromatic nitrogens is 2. The van der Waals surface area contributed by atoms with E-state index in [1.807, 2.05) is 17.9 Å². The van der Waals surface area contributed by atoms with Crippen molar-refractivity contribution in [2.75, 3.05) is 6.54 Å². The third-order valence-corrected chi connectivity index (χ3v) is 5.05. The molecule has 0 spiro atoms. The fourth-order valence-electron chi connectivity index (χ4n) is 3.86. The van der Waals surface area contributed by atoms with Crippen LogP contribution in [0.5, 0.6) is 0 Å². The highest BCUT2D eigenvalue weighted by molar-refractivity contribution is 5.85. The Kier molecular flexibility index (Phi) is 3.63. The average molecular weight is 311 g/mol. The van der Waals surface area contributed by atoms with Gasteiger partial charge in [0.2, 0.25) is 11.8 Å². The van der Waals surface area contributed by atoms with Crippen molar-refractivity contribution in [3.05, 3.63) is 47.1 Å². The van der Waals surface area contributed by atoms with Gasteiger partial charge in [-0.3, -0.25) is 4.79 Å². The number of aryl methyl sites for hydroxylation is 2. The molecule has 2 atom stereocenters. The predicted molar refractivity (Wildman–Crippen MR) is 84.9 cm³/mol. The van der Waals surface area contributed by atoms with Gasteiger partial charge in [0, 0.05) is 13.0 Å². The largest absolute Gasteiger partial charge is 0.339 e. The summed E-state index contributed by atoms with van der Waals surface area (Å²) in [5.74, 6) is 1.52. The molecule has 1 saturated heterocycles. The Labute approximate surface area is 135 Å². The Morgan fingerprint density at radius 3 is 3.04 bits per heavy atom. The van der Waals surface area contributed by atoms with Crippen molar-refractivity contribution in [1.29, 1.82) is 0 Å². The number of fused-ring (bicyclic) bond motifs is 1. The molecule has 1 aromatic heterocycles. The lowest BCUT2D eigenvalue weighted by atomic mass is 9.99. The van der Waals surface area contributed by atoms with E-state index in [0.29, 0.717) is 11.7 Å². The number of benzene rings is 1. The molecule has 0 unspecified atom stereocenters. The Bertz CT molecular complexity index is 725. The van der Waals surface area contributed by atoms with Gasteiger partial charge in [-0.1, -0.05) is 36.3 Å². The lowest BCUT2D eigenvalue weighted by Gasteiger charge is -2.25. The first kappa shape index (κ1) is 14.4. The number of likely N-dealkylation sites (tertiary alicyclic amines) is 1. The number of amides is 1. The van der Waals surface area contributed by atoms with Crippen molar-refractivity contribution >= 4 is 5.91 Å². The molecule has 5 heteroatoms. The van der Waals surface area contributed by atoms with Gasteiger partial charge in [0.05, 0.1) is 12.0 Å². The first-order chi connectivity index (χ1) is 11.3. The van der Waals surface area contributed by atoms with Crippen molar-refractivity contribution in [1.82, 2.24) is 15.0 Å². The third kappa shape index (κ3) is 2.44. The molecule has 5 nitrogen and oxygen atoms in total. The molecule has 4 rings (SSSR count). The lowest BCUT2D eigenvalue weighted by Crippen LogP contribution is -2.34. The number of carbonyl (C=O) groups excluding carboxylic acids is 1. The van der Waals surface area contributed by atoms with Gasteiger partial charge >= 0.3 is 0 Å². The molecule has 0 bridgehead atoms. The molecular weight excluding hydrogens is 290 g/mol. The van der Waals surface area contributed by atoms with Gasteiger partial charge in [-0.15, -0.1) is 0 Å². The first-order valence-corrected chi connectivity index (χ1v) is 8.48. The summed E-state index contributed by atoms with van der Waals surface area (Å²) in [5, 5.41) is 4.09. The minimum absolute atomic E-state index is 0.00986. The molecule has 1 fully saturated rings. The normalized spacial score (nSPS) is 23.3. The molecule has 1 amide bonds. The van der Waals surface area contributed by atoms with E-state index in [4.69, 9.17) is 4.52 Å². The van der Waals surface area contributed by atoms with Crippen LogP contribution in [-0.4, -0.2) is 27.5 Å². The molecule has 0 radical (unpaired) electrons. The van der Waals surface area contributed by atoms with Gasteiger partial charge in [0.15, 0.2) is 5.82 Å². The van der Waals surface area contributed by atoms with Crippen LogP contribution in [0.15, 0.2) is 28.8 Å². The van der Waals surface area contributed by atoms with E-state index in [0.717, 1.165) is 38.6 Å². The molecule has 1 aromatic carbocycles. The SMILES string of the molecule is CCc1nc([C@H]2CCCN2C(=O)[C@@H]2CCc3ccccc32)no1. The van der Waals surface area contributed by atoms with E-state index in [9.17, 15) is 4.79 Å². The summed E-state index contributed by atoms with van der Waals surface area (Å²) < 4.78 is 5.24. The quantitative estimate of drug-likeness (QED) is 0.874. The summed E-state index contributed by atoms with van der Waals surface area (Å²) in [6, 6.07) is 8.28. The highest BCUT2D eigenvalue weighted by Crippen LogP contribution is 2.38. The summed E-state index contributed by atoms with van der Waals surface area (Å²) >= 11 is 0. The van der Waals surface area contributed by atoms with Gasteiger partial charge in [-0.2, -0.15) is 4.98 Å². The van der Waals surface area contributed by atoms with Gasteiger partial charge in [0.1, 0.15) is 0 Å². The monoisotopic (exact) mass is 311 g/mol. The topological polar surface area (TPSA) is 59.2 Å². The van der Waals surface area contributed by atoms with Gasteiger partial charge in [-0.25, -0.2) is 0 Å². The maximum absolute atomic E-state index is 13.1. The number of nitrogens with zero attached hydrogens (tertiary/aromatic N) is 3. The zero-order chi connectivity index (χ0) is 15.8. The van der Waals surface area contributed by atoms with E-state index in [1.54, 1.807) is 0 Å². The second-order valence-electron chi connectivity index (χ2n) is 6.38. The van der Waals surface area contributed by atoms with E-state index in [2.05, 4.69) is 28.3 Å². The molecule has 0 saturated carbocycles. The molecule has 23 heavy (non-hydrogen) atoms. The van der Waals surface area contributed by atoms with Crippen LogP contribution in [0.1, 0.15) is 61.0 Å². The van der Waals surface area contributed by atoms with Crippen molar-refractivity contribution in [3.63, 3.8) is 0 Å². The smallest absolute Gasteiger partial charge is 0.230 e. The average Bonchev–Trinajstić information content (AvgIpc) is 3.31. The van der Waals surface area contributed by atoms with Crippen LogP contribution in [0.25, 0.3) is 0 Å². The van der Waals surface area contributed by atoms with Crippen molar-refractivity contribution in [2.45, 2.75) is 51.0 Å². The zero-order valence-corrected chi connectivity index (χ0v) is 13.4. The van der Waals surface area contributed by atoms with E-state index < -0.39 is 0 Å². The van der Waals surface area contributed by atoms with Crippen LogP contribution in [0.4, 0.5) is 0 Å².